The van der Waals surface area contributed by atoms with E-state index in [9.17, 15) is 9.18 Å². The second kappa shape index (κ2) is 8.77. The maximum absolute atomic E-state index is 14.0. The molecular weight excluding hydrogens is 319 g/mol. The van der Waals surface area contributed by atoms with Crippen LogP contribution < -0.4 is 0 Å². The third kappa shape index (κ3) is 4.59. The number of likely N-dealkylation sites (tertiary alicyclic amines) is 2. The number of rotatable bonds is 6. The molecule has 4 nitrogen and oxygen atoms in total. The first-order valence-corrected chi connectivity index (χ1v) is 9.53. The molecule has 0 radical (unpaired) electrons. The van der Waals surface area contributed by atoms with Crippen LogP contribution in [-0.2, 0) is 16.1 Å². The molecule has 0 spiro atoms. The number of nitrogens with zero attached hydrogens (tertiary/aromatic N) is 2. The van der Waals surface area contributed by atoms with Crippen LogP contribution in [0.1, 0.15) is 38.2 Å². The normalized spacial score (nSPS) is 24.6. The number of carbonyl (C=O) groups is 1. The molecule has 2 heterocycles. The molecular formula is C20H29FN2O2. The number of ether oxygens (including phenoxy) is 1. The summed E-state index contributed by atoms with van der Waals surface area (Å²) >= 11 is 0. The van der Waals surface area contributed by atoms with Crippen molar-refractivity contribution in [2.75, 3.05) is 32.8 Å². The summed E-state index contributed by atoms with van der Waals surface area (Å²) < 4.78 is 19.5. The highest BCUT2D eigenvalue weighted by Crippen LogP contribution is 2.25. The number of piperidine rings is 1. The van der Waals surface area contributed by atoms with Crippen molar-refractivity contribution in [2.45, 2.75) is 45.2 Å². The Bertz CT molecular complexity index is 581. The van der Waals surface area contributed by atoms with Crippen LogP contribution in [0.2, 0.25) is 0 Å². The maximum atomic E-state index is 14.0. The van der Waals surface area contributed by atoms with E-state index in [4.69, 9.17) is 4.74 Å². The molecule has 0 saturated carbocycles. The lowest BCUT2D eigenvalue weighted by Crippen LogP contribution is -2.49. The summed E-state index contributed by atoms with van der Waals surface area (Å²) in [6.07, 6.45) is 4.05. The zero-order valence-electron chi connectivity index (χ0n) is 15.1. The summed E-state index contributed by atoms with van der Waals surface area (Å²) in [5.41, 5.74) is 0.676. The molecule has 2 saturated heterocycles. The third-order valence-electron chi connectivity index (χ3n) is 5.37. The molecule has 1 aromatic carbocycles. The number of carbonyl (C=O) groups excluding carboxylic acids is 1. The van der Waals surface area contributed by atoms with Gasteiger partial charge in [-0.15, -0.1) is 0 Å². The SMILES string of the molecule is CCOCC1CCCN(C(=O)C2CCCN2Cc2ccccc2F)C1. The maximum Gasteiger partial charge on any atom is 0.239 e. The molecule has 1 aromatic rings. The van der Waals surface area contributed by atoms with Crippen LogP contribution in [-0.4, -0.2) is 54.6 Å². The van der Waals surface area contributed by atoms with E-state index in [1.807, 2.05) is 24.0 Å². The highest BCUT2D eigenvalue weighted by atomic mass is 19.1. The Labute approximate surface area is 149 Å². The molecule has 0 aliphatic carbocycles. The minimum absolute atomic E-state index is 0.106. The summed E-state index contributed by atoms with van der Waals surface area (Å²) in [6.45, 7) is 6.48. The predicted octanol–water partition coefficient (Wildman–Crippen LogP) is 3.07. The van der Waals surface area contributed by atoms with Crippen LogP contribution in [0, 0.1) is 11.7 Å². The lowest BCUT2D eigenvalue weighted by molar-refractivity contribution is -0.138. The van der Waals surface area contributed by atoms with Crippen LogP contribution >= 0.6 is 0 Å². The van der Waals surface area contributed by atoms with Crippen molar-refractivity contribution in [3.63, 3.8) is 0 Å². The van der Waals surface area contributed by atoms with Crippen molar-refractivity contribution >= 4 is 5.91 Å². The Morgan fingerprint density at radius 1 is 1.24 bits per heavy atom. The van der Waals surface area contributed by atoms with Crippen molar-refractivity contribution in [1.82, 2.24) is 9.80 Å². The van der Waals surface area contributed by atoms with Crippen molar-refractivity contribution in [3.8, 4) is 0 Å². The first-order chi connectivity index (χ1) is 12.2. The fourth-order valence-electron chi connectivity index (χ4n) is 4.04. The number of amides is 1. The zero-order valence-corrected chi connectivity index (χ0v) is 15.1. The van der Waals surface area contributed by atoms with Gasteiger partial charge in [-0.2, -0.15) is 0 Å². The minimum Gasteiger partial charge on any atom is -0.381 e. The van der Waals surface area contributed by atoms with Crippen molar-refractivity contribution in [1.29, 1.82) is 0 Å². The average molecular weight is 348 g/mol. The van der Waals surface area contributed by atoms with E-state index in [2.05, 4.69) is 4.90 Å². The standard InChI is InChI=1S/C20H29FN2O2/c1-2-25-15-16-7-5-12-23(13-16)20(24)19-10-6-11-22(19)14-17-8-3-4-9-18(17)21/h3-4,8-9,16,19H,2,5-7,10-15H2,1H3. The first kappa shape index (κ1) is 18.3. The van der Waals surface area contributed by atoms with Gasteiger partial charge in [-0.05, 0) is 51.1 Å². The van der Waals surface area contributed by atoms with E-state index in [0.717, 1.165) is 58.5 Å². The van der Waals surface area contributed by atoms with Gasteiger partial charge in [-0.3, -0.25) is 9.69 Å². The molecule has 0 bridgehead atoms. The smallest absolute Gasteiger partial charge is 0.239 e. The van der Waals surface area contributed by atoms with Gasteiger partial charge in [0.05, 0.1) is 12.6 Å². The Morgan fingerprint density at radius 2 is 2.04 bits per heavy atom. The van der Waals surface area contributed by atoms with Crippen LogP contribution in [0.25, 0.3) is 0 Å². The van der Waals surface area contributed by atoms with Crippen molar-refractivity contribution in [3.05, 3.63) is 35.6 Å². The molecule has 5 heteroatoms. The topological polar surface area (TPSA) is 32.8 Å². The summed E-state index contributed by atoms with van der Waals surface area (Å²) in [5, 5.41) is 0. The molecule has 1 amide bonds. The quantitative estimate of drug-likeness (QED) is 0.792. The molecule has 25 heavy (non-hydrogen) atoms. The van der Waals surface area contributed by atoms with Gasteiger partial charge in [-0.25, -0.2) is 4.39 Å². The molecule has 138 valence electrons. The zero-order chi connectivity index (χ0) is 17.6. The van der Waals surface area contributed by atoms with Gasteiger partial charge in [0.15, 0.2) is 0 Å². The van der Waals surface area contributed by atoms with E-state index >= 15 is 0 Å². The van der Waals surface area contributed by atoms with Gasteiger partial charge >= 0.3 is 0 Å². The molecule has 3 rings (SSSR count). The lowest BCUT2D eigenvalue weighted by Gasteiger charge is -2.36. The lowest BCUT2D eigenvalue weighted by atomic mass is 9.98. The van der Waals surface area contributed by atoms with Crippen LogP contribution in [0.3, 0.4) is 0 Å². The largest absolute Gasteiger partial charge is 0.381 e. The number of halogens is 1. The van der Waals surface area contributed by atoms with E-state index in [1.165, 1.54) is 6.07 Å². The van der Waals surface area contributed by atoms with Gasteiger partial charge in [0.1, 0.15) is 5.82 Å². The molecule has 0 N–H and O–H groups in total. The van der Waals surface area contributed by atoms with Gasteiger partial charge < -0.3 is 9.64 Å². The van der Waals surface area contributed by atoms with Crippen molar-refractivity contribution < 1.29 is 13.9 Å². The summed E-state index contributed by atoms with van der Waals surface area (Å²) in [7, 11) is 0. The number of hydrogen-bond donors (Lipinski definition) is 0. The van der Waals surface area contributed by atoms with Gasteiger partial charge in [-0.1, -0.05) is 18.2 Å². The fraction of sp³-hybridized carbons (Fsp3) is 0.650. The Hall–Kier alpha value is -1.46. The van der Waals surface area contributed by atoms with E-state index in [0.29, 0.717) is 18.0 Å². The Kier molecular flexibility index (Phi) is 6.43. The summed E-state index contributed by atoms with van der Waals surface area (Å²) in [4.78, 5) is 17.2. The van der Waals surface area contributed by atoms with Gasteiger partial charge in [0.25, 0.3) is 0 Å². The molecule has 2 atom stereocenters. The summed E-state index contributed by atoms with van der Waals surface area (Å²) in [6, 6.07) is 6.76. The monoisotopic (exact) mass is 348 g/mol. The molecule has 2 unspecified atom stereocenters. The highest BCUT2D eigenvalue weighted by molar-refractivity contribution is 5.82. The number of benzene rings is 1. The van der Waals surface area contributed by atoms with E-state index in [1.54, 1.807) is 6.07 Å². The van der Waals surface area contributed by atoms with Crippen LogP contribution in [0.5, 0.6) is 0 Å². The third-order valence-corrected chi connectivity index (χ3v) is 5.37. The predicted molar refractivity (Wildman–Crippen MR) is 95.6 cm³/mol. The Morgan fingerprint density at radius 3 is 2.84 bits per heavy atom. The van der Waals surface area contributed by atoms with E-state index < -0.39 is 0 Å². The van der Waals surface area contributed by atoms with Crippen molar-refractivity contribution in [2.24, 2.45) is 5.92 Å². The number of hydrogen-bond acceptors (Lipinski definition) is 3. The van der Waals surface area contributed by atoms with E-state index in [-0.39, 0.29) is 17.8 Å². The molecule has 2 aliphatic heterocycles. The molecule has 2 fully saturated rings. The fourth-order valence-corrected chi connectivity index (χ4v) is 4.04. The van der Waals surface area contributed by atoms with Crippen LogP contribution in [0.15, 0.2) is 24.3 Å². The second-order valence-corrected chi connectivity index (χ2v) is 7.17. The second-order valence-electron chi connectivity index (χ2n) is 7.17. The molecule has 0 aromatic heterocycles. The average Bonchev–Trinajstić information content (AvgIpc) is 3.09. The van der Waals surface area contributed by atoms with Gasteiger partial charge in [0.2, 0.25) is 5.91 Å². The Balaban J connectivity index is 1.61. The highest BCUT2D eigenvalue weighted by Gasteiger charge is 2.35. The summed E-state index contributed by atoms with van der Waals surface area (Å²) in [5.74, 6) is 0.476. The first-order valence-electron chi connectivity index (χ1n) is 9.53. The molecule has 2 aliphatic rings. The minimum atomic E-state index is -0.185. The van der Waals surface area contributed by atoms with Gasteiger partial charge in [0, 0.05) is 31.8 Å². The van der Waals surface area contributed by atoms with Crippen LogP contribution in [0.4, 0.5) is 4.39 Å².